The van der Waals surface area contributed by atoms with Gasteiger partial charge in [-0.1, -0.05) is 0 Å². The molecule has 1 fully saturated rings. The fourth-order valence-corrected chi connectivity index (χ4v) is 1.60. The van der Waals surface area contributed by atoms with Gasteiger partial charge in [-0.25, -0.2) is 0 Å². The Bertz CT molecular complexity index is 327. The van der Waals surface area contributed by atoms with Crippen LogP contribution in [0.1, 0.15) is 12.8 Å². The molecule has 0 spiro atoms. The summed E-state index contributed by atoms with van der Waals surface area (Å²) >= 11 is 0. The lowest BCUT2D eigenvalue weighted by atomic mass is 10.2. The Labute approximate surface area is 82.5 Å². The third-order valence-electron chi connectivity index (χ3n) is 2.34. The van der Waals surface area contributed by atoms with Crippen LogP contribution in [-0.4, -0.2) is 28.3 Å². The zero-order valence-electron chi connectivity index (χ0n) is 8.16. The number of carbonyl (C=O) groups excluding carboxylic acids is 1. The normalized spacial score (nSPS) is 21.1. The Morgan fingerprint density at radius 1 is 1.79 bits per heavy atom. The lowest BCUT2D eigenvalue weighted by molar-refractivity contribution is -0.117. The largest absolute Gasteiger partial charge is 0.308 e. The molecule has 5 heteroatoms. The Balaban J connectivity index is 1.93. The monoisotopic (exact) mass is 194 g/mol. The number of carbonyl (C=O) groups is 1. The third-order valence-corrected chi connectivity index (χ3v) is 2.34. The Hall–Kier alpha value is -1.36. The van der Waals surface area contributed by atoms with E-state index in [-0.39, 0.29) is 11.9 Å². The second-order valence-corrected chi connectivity index (χ2v) is 3.51. The van der Waals surface area contributed by atoms with Crippen molar-refractivity contribution in [3.8, 4) is 0 Å². The number of hydrogen-bond donors (Lipinski definition) is 2. The van der Waals surface area contributed by atoms with Crippen LogP contribution < -0.4 is 10.6 Å². The Morgan fingerprint density at radius 3 is 3.21 bits per heavy atom. The first-order chi connectivity index (χ1) is 6.75. The van der Waals surface area contributed by atoms with Gasteiger partial charge in [0.25, 0.3) is 0 Å². The van der Waals surface area contributed by atoms with Crippen molar-refractivity contribution in [2.24, 2.45) is 7.05 Å². The molecule has 0 saturated carbocycles. The average Bonchev–Trinajstić information content (AvgIpc) is 2.75. The van der Waals surface area contributed by atoms with Gasteiger partial charge in [0.1, 0.15) is 0 Å². The van der Waals surface area contributed by atoms with Crippen LogP contribution in [0.3, 0.4) is 0 Å². The second kappa shape index (κ2) is 3.79. The lowest BCUT2D eigenvalue weighted by Crippen LogP contribution is -2.35. The molecule has 2 N–H and O–H groups in total. The van der Waals surface area contributed by atoms with E-state index in [0.29, 0.717) is 5.82 Å². The van der Waals surface area contributed by atoms with Crippen LogP contribution in [-0.2, 0) is 11.8 Å². The van der Waals surface area contributed by atoms with Crippen LogP contribution >= 0.6 is 0 Å². The maximum Gasteiger partial charge on any atom is 0.242 e. The highest BCUT2D eigenvalue weighted by atomic mass is 16.2. The quantitative estimate of drug-likeness (QED) is 0.702. The van der Waals surface area contributed by atoms with Gasteiger partial charge in [-0.15, -0.1) is 0 Å². The molecule has 2 rings (SSSR count). The van der Waals surface area contributed by atoms with Crippen molar-refractivity contribution >= 4 is 11.7 Å². The summed E-state index contributed by atoms with van der Waals surface area (Å²) in [7, 11) is 1.82. The van der Waals surface area contributed by atoms with Crippen molar-refractivity contribution < 1.29 is 4.79 Å². The van der Waals surface area contributed by atoms with Crippen molar-refractivity contribution in [3.05, 3.63) is 12.3 Å². The summed E-state index contributed by atoms with van der Waals surface area (Å²) < 4.78 is 1.66. The molecule has 1 aromatic rings. The van der Waals surface area contributed by atoms with E-state index >= 15 is 0 Å². The standard InChI is InChI=1S/C9H14N4O/c1-13-6-4-8(12-13)11-9(14)7-3-2-5-10-7/h4,6-7,10H,2-3,5H2,1H3,(H,11,12,14)/t7-/m0/s1. The molecule has 0 unspecified atom stereocenters. The summed E-state index contributed by atoms with van der Waals surface area (Å²) in [5, 5.41) is 9.99. The highest BCUT2D eigenvalue weighted by Crippen LogP contribution is 2.08. The zero-order chi connectivity index (χ0) is 9.97. The minimum Gasteiger partial charge on any atom is -0.308 e. The van der Waals surface area contributed by atoms with Gasteiger partial charge in [0, 0.05) is 19.3 Å². The Morgan fingerprint density at radius 2 is 2.64 bits per heavy atom. The summed E-state index contributed by atoms with van der Waals surface area (Å²) in [6.45, 7) is 0.931. The summed E-state index contributed by atoms with van der Waals surface area (Å²) in [4.78, 5) is 11.6. The number of hydrogen-bond acceptors (Lipinski definition) is 3. The van der Waals surface area contributed by atoms with E-state index in [1.165, 1.54) is 0 Å². The average molecular weight is 194 g/mol. The van der Waals surface area contributed by atoms with Crippen LogP contribution in [0.15, 0.2) is 12.3 Å². The minimum absolute atomic E-state index is 0.0150. The summed E-state index contributed by atoms with van der Waals surface area (Å²) in [6.07, 6.45) is 3.79. The molecule has 1 atom stereocenters. The number of rotatable bonds is 2. The van der Waals surface area contributed by atoms with Gasteiger partial charge >= 0.3 is 0 Å². The smallest absolute Gasteiger partial charge is 0.242 e. The molecule has 0 aromatic carbocycles. The summed E-state index contributed by atoms with van der Waals surface area (Å²) in [5.41, 5.74) is 0. The molecule has 14 heavy (non-hydrogen) atoms. The maximum absolute atomic E-state index is 11.6. The topological polar surface area (TPSA) is 59.0 Å². The molecule has 0 aliphatic carbocycles. The summed E-state index contributed by atoms with van der Waals surface area (Å²) in [5.74, 6) is 0.632. The van der Waals surface area contributed by atoms with Crippen LogP contribution in [0.2, 0.25) is 0 Å². The molecule has 1 aromatic heterocycles. The molecule has 1 amide bonds. The number of aryl methyl sites for hydroxylation is 1. The van der Waals surface area contributed by atoms with E-state index < -0.39 is 0 Å². The van der Waals surface area contributed by atoms with Crippen molar-refractivity contribution in [2.45, 2.75) is 18.9 Å². The van der Waals surface area contributed by atoms with Crippen LogP contribution in [0.25, 0.3) is 0 Å². The molecule has 1 aliphatic rings. The van der Waals surface area contributed by atoms with Crippen molar-refractivity contribution in [1.29, 1.82) is 0 Å². The number of aromatic nitrogens is 2. The zero-order valence-corrected chi connectivity index (χ0v) is 8.16. The van der Waals surface area contributed by atoms with E-state index in [1.807, 2.05) is 7.05 Å². The predicted octanol–water partition coefficient (Wildman–Crippen LogP) is 0.111. The molecule has 1 aliphatic heterocycles. The molecule has 5 nitrogen and oxygen atoms in total. The van der Waals surface area contributed by atoms with Gasteiger partial charge in [-0.05, 0) is 19.4 Å². The van der Waals surface area contributed by atoms with E-state index in [0.717, 1.165) is 19.4 Å². The molecular formula is C9H14N4O. The predicted molar refractivity (Wildman–Crippen MR) is 52.9 cm³/mol. The van der Waals surface area contributed by atoms with Gasteiger partial charge in [0.15, 0.2) is 5.82 Å². The molecule has 2 heterocycles. The van der Waals surface area contributed by atoms with E-state index in [2.05, 4.69) is 15.7 Å². The van der Waals surface area contributed by atoms with E-state index in [4.69, 9.17) is 0 Å². The van der Waals surface area contributed by atoms with Crippen molar-refractivity contribution in [1.82, 2.24) is 15.1 Å². The van der Waals surface area contributed by atoms with Crippen LogP contribution in [0.4, 0.5) is 5.82 Å². The summed E-state index contributed by atoms with van der Waals surface area (Å²) in [6, 6.07) is 1.74. The molecule has 0 radical (unpaired) electrons. The van der Waals surface area contributed by atoms with Gasteiger partial charge < -0.3 is 10.6 Å². The first kappa shape index (κ1) is 9.21. The van der Waals surface area contributed by atoms with Crippen LogP contribution in [0.5, 0.6) is 0 Å². The molecule has 76 valence electrons. The Kier molecular flexibility index (Phi) is 2.49. The fourth-order valence-electron chi connectivity index (χ4n) is 1.60. The number of nitrogens with one attached hydrogen (secondary N) is 2. The van der Waals surface area contributed by atoms with Gasteiger partial charge in [-0.2, -0.15) is 5.10 Å². The maximum atomic E-state index is 11.6. The number of anilines is 1. The highest BCUT2D eigenvalue weighted by Gasteiger charge is 2.22. The fraction of sp³-hybridized carbons (Fsp3) is 0.556. The molecule has 0 bridgehead atoms. The van der Waals surface area contributed by atoms with Gasteiger partial charge in [-0.3, -0.25) is 9.48 Å². The van der Waals surface area contributed by atoms with Gasteiger partial charge in [0.05, 0.1) is 6.04 Å². The van der Waals surface area contributed by atoms with Crippen LogP contribution in [0, 0.1) is 0 Å². The number of nitrogens with zero attached hydrogens (tertiary/aromatic N) is 2. The highest BCUT2D eigenvalue weighted by molar-refractivity contribution is 5.94. The van der Waals surface area contributed by atoms with Crippen molar-refractivity contribution in [3.63, 3.8) is 0 Å². The first-order valence-corrected chi connectivity index (χ1v) is 4.79. The minimum atomic E-state index is -0.0444. The van der Waals surface area contributed by atoms with E-state index in [9.17, 15) is 4.79 Å². The SMILES string of the molecule is Cn1ccc(NC(=O)[C@@H]2CCCN2)n1. The lowest BCUT2D eigenvalue weighted by Gasteiger charge is -2.08. The second-order valence-electron chi connectivity index (χ2n) is 3.51. The van der Waals surface area contributed by atoms with Crippen molar-refractivity contribution in [2.75, 3.05) is 11.9 Å². The first-order valence-electron chi connectivity index (χ1n) is 4.79. The third kappa shape index (κ3) is 1.93. The van der Waals surface area contributed by atoms with E-state index in [1.54, 1.807) is 16.9 Å². The molecule has 1 saturated heterocycles. The number of amides is 1. The van der Waals surface area contributed by atoms with Gasteiger partial charge in [0.2, 0.25) is 5.91 Å². The molecular weight excluding hydrogens is 180 g/mol.